The highest BCUT2D eigenvalue weighted by Gasteiger charge is 2.37. The van der Waals surface area contributed by atoms with Crippen LogP contribution < -0.4 is 5.32 Å². The van der Waals surface area contributed by atoms with Crippen LogP contribution in [0.1, 0.15) is 20.8 Å². The van der Waals surface area contributed by atoms with Crippen LogP contribution in [0.2, 0.25) is 0 Å². The molecule has 1 unspecified atom stereocenters. The van der Waals surface area contributed by atoms with Crippen molar-refractivity contribution in [2.45, 2.75) is 32.4 Å². The van der Waals surface area contributed by atoms with Gasteiger partial charge in [-0.05, 0) is 34.9 Å². The fourth-order valence-electron chi connectivity index (χ4n) is 2.53. The van der Waals surface area contributed by atoms with Gasteiger partial charge < -0.3 is 20.2 Å². The first-order valence-electron chi connectivity index (χ1n) is 7.37. The number of hydrogen-bond donors (Lipinski definition) is 2. The van der Waals surface area contributed by atoms with Crippen LogP contribution in [0.3, 0.4) is 0 Å². The van der Waals surface area contributed by atoms with E-state index in [1.165, 1.54) is 4.90 Å². The first-order chi connectivity index (χ1) is 9.70. The first-order valence-corrected chi connectivity index (χ1v) is 7.37. The molecule has 0 radical (unpaired) electrons. The number of carbonyl (C=O) groups is 2. The summed E-state index contributed by atoms with van der Waals surface area (Å²) in [4.78, 5) is 29.4. The van der Waals surface area contributed by atoms with Crippen molar-refractivity contribution in [3.63, 3.8) is 0 Å². The number of carboxylic acids is 1. The largest absolute Gasteiger partial charge is 0.480 e. The molecule has 2 N–H and O–H groups in total. The van der Waals surface area contributed by atoms with Gasteiger partial charge in [-0.3, -0.25) is 4.90 Å². The van der Waals surface area contributed by atoms with Gasteiger partial charge in [0.25, 0.3) is 0 Å². The number of carboxylic acid groups (broad SMARTS) is 1. The Morgan fingerprint density at radius 1 is 1.33 bits per heavy atom. The molecule has 0 aromatic rings. The normalized spacial score (nSPS) is 21.1. The van der Waals surface area contributed by atoms with Crippen molar-refractivity contribution in [2.75, 3.05) is 46.8 Å². The summed E-state index contributed by atoms with van der Waals surface area (Å²) in [6, 6.07) is -0.0779. The molecule has 0 saturated carbocycles. The maximum Gasteiger partial charge on any atom is 0.329 e. The predicted octanol–water partition coefficient (Wildman–Crippen LogP) is 0.127. The number of nitrogens with one attached hydrogen (secondary N) is 1. The van der Waals surface area contributed by atoms with E-state index in [4.69, 9.17) is 0 Å². The zero-order valence-corrected chi connectivity index (χ0v) is 13.7. The summed E-state index contributed by atoms with van der Waals surface area (Å²) in [6.45, 7) is 8.62. The lowest BCUT2D eigenvalue weighted by molar-refractivity contribution is -0.147. The van der Waals surface area contributed by atoms with Crippen LogP contribution in [-0.4, -0.2) is 90.2 Å². The molecule has 21 heavy (non-hydrogen) atoms. The Morgan fingerprint density at radius 2 is 1.95 bits per heavy atom. The van der Waals surface area contributed by atoms with E-state index in [1.807, 2.05) is 7.05 Å². The number of rotatable bonds is 5. The minimum Gasteiger partial charge on any atom is -0.480 e. The Hall–Kier alpha value is -1.34. The summed E-state index contributed by atoms with van der Waals surface area (Å²) < 4.78 is 0. The number of amides is 2. The molecule has 1 atom stereocenters. The van der Waals surface area contributed by atoms with Crippen molar-refractivity contribution in [3.8, 4) is 0 Å². The van der Waals surface area contributed by atoms with E-state index in [9.17, 15) is 14.7 Å². The van der Waals surface area contributed by atoms with Crippen LogP contribution in [-0.2, 0) is 4.79 Å². The Morgan fingerprint density at radius 3 is 2.48 bits per heavy atom. The van der Waals surface area contributed by atoms with Crippen LogP contribution in [0.4, 0.5) is 4.79 Å². The molecular formula is C14H28N4O3. The lowest BCUT2D eigenvalue weighted by Crippen LogP contribution is -2.59. The van der Waals surface area contributed by atoms with Crippen molar-refractivity contribution in [2.24, 2.45) is 0 Å². The topological polar surface area (TPSA) is 76.1 Å². The van der Waals surface area contributed by atoms with Crippen molar-refractivity contribution >= 4 is 12.0 Å². The number of aliphatic carboxylic acids is 1. The average Bonchev–Trinajstić information content (AvgIpc) is 2.40. The standard InChI is InChI=1S/C14H28N4O3/c1-6-18(14(2,3)12(19)20)13(21)15-9-11-10-16(4)7-8-17(11)5/h11H,6-10H2,1-5H3,(H,15,21)(H,19,20). The monoisotopic (exact) mass is 300 g/mol. The maximum absolute atomic E-state index is 12.3. The van der Waals surface area contributed by atoms with Gasteiger partial charge in [-0.1, -0.05) is 0 Å². The highest BCUT2D eigenvalue weighted by Crippen LogP contribution is 2.14. The van der Waals surface area contributed by atoms with Gasteiger partial charge in [-0.15, -0.1) is 0 Å². The summed E-state index contributed by atoms with van der Waals surface area (Å²) >= 11 is 0. The van der Waals surface area contributed by atoms with Gasteiger partial charge in [-0.25, -0.2) is 9.59 Å². The Balaban J connectivity index is 2.61. The summed E-state index contributed by atoms with van der Waals surface area (Å²) in [6.07, 6.45) is 0. The molecule has 0 aliphatic carbocycles. The lowest BCUT2D eigenvalue weighted by atomic mass is 10.0. The van der Waals surface area contributed by atoms with E-state index in [2.05, 4.69) is 22.2 Å². The molecule has 1 rings (SSSR count). The van der Waals surface area contributed by atoms with E-state index in [0.717, 1.165) is 19.6 Å². The minimum atomic E-state index is -1.21. The highest BCUT2D eigenvalue weighted by atomic mass is 16.4. The second kappa shape index (κ2) is 7.09. The third kappa shape index (κ3) is 4.31. The fraction of sp³-hybridized carbons (Fsp3) is 0.857. The molecule has 1 aliphatic rings. The average molecular weight is 300 g/mol. The molecule has 1 fully saturated rings. The molecule has 7 nitrogen and oxygen atoms in total. The summed E-state index contributed by atoms with van der Waals surface area (Å²) in [5, 5.41) is 12.1. The van der Waals surface area contributed by atoms with Crippen molar-refractivity contribution in [1.82, 2.24) is 20.0 Å². The predicted molar refractivity (Wildman–Crippen MR) is 81.4 cm³/mol. The smallest absolute Gasteiger partial charge is 0.329 e. The molecule has 1 saturated heterocycles. The van der Waals surface area contributed by atoms with E-state index in [1.54, 1.807) is 20.8 Å². The summed E-state index contributed by atoms with van der Waals surface area (Å²) in [5.74, 6) is -1.01. The first kappa shape index (κ1) is 17.7. The Labute approximate surface area is 126 Å². The summed E-state index contributed by atoms with van der Waals surface area (Å²) in [5.41, 5.74) is -1.21. The second-order valence-corrected chi connectivity index (χ2v) is 6.19. The highest BCUT2D eigenvalue weighted by molar-refractivity contribution is 5.85. The van der Waals surface area contributed by atoms with Crippen LogP contribution in [0.5, 0.6) is 0 Å². The SMILES string of the molecule is CCN(C(=O)NCC1CN(C)CCN1C)C(C)(C)C(=O)O. The molecule has 122 valence electrons. The number of hydrogen-bond acceptors (Lipinski definition) is 4. The molecule has 7 heteroatoms. The molecule has 0 spiro atoms. The number of nitrogens with zero attached hydrogens (tertiary/aromatic N) is 3. The zero-order valence-electron chi connectivity index (χ0n) is 13.7. The third-order valence-electron chi connectivity index (χ3n) is 4.23. The molecule has 0 aromatic heterocycles. The lowest BCUT2D eigenvalue weighted by Gasteiger charge is -2.39. The van der Waals surface area contributed by atoms with E-state index in [0.29, 0.717) is 13.1 Å². The van der Waals surface area contributed by atoms with Gasteiger partial charge >= 0.3 is 12.0 Å². The molecule has 1 heterocycles. The molecule has 2 amide bonds. The van der Waals surface area contributed by atoms with Crippen LogP contribution in [0, 0.1) is 0 Å². The molecule has 0 bridgehead atoms. The van der Waals surface area contributed by atoms with Gasteiger partial charge in [0, 0.05) is 38.8 Å². The zero-order chi connectivity index (χ0) is 16.2. The van der Waals surface area contributed by atoms with Gasteiger partial charge in [-0.2, -0.15) is 0 Å². The minimum absolute atomic E-state index is 0.249. The van der Waals surface area contributed by atoms with Crippen LogP contribution >= 0.6 is 0 Å². The number of carbonyl (C=O) groups excluding carboxylic acids is 1. The van der Waals surface area contributed by atoms with Crippen molar-refractivity contribution in [1.29, 1.82) is 0 Å². The van der Waals surface area contributed by atoms with Crippen molar-refractivity contribution < 1.29 is 14.7 Å². The number of urea groups is 1. The number of piperazine rings is 1. The fourth-order valence-corrected chi connectivity index (χ4v) is 2.53. The van der Waals surface area contributed by atoms with Crippen LogP contribution in [0.15, 0.2) is 0 Å². The van der Waals surface area contributed by atoms with Gasteiger partial charge in [0.1, 0.15) is 5.54 Å². The van der Waals surface area contributed by atoms with Gasteiger partial charge in [0.2, 0.25) is 0 Å². The third-order valence-corrected chi connectivity index (χ3v) is 4.23. The Kier molecular flexibility index (Phi) is 5.98. The Bertz CT molecular complexity index is 386. The van der Waals surface area contributed by atoms with Gasteiger partial charge in [0.05, 0.1) is 0 Å². The van der Waals surface area contributed by atoms with E-state index >= 15 is 0 Å². The van der Waals surface area contributed by atoms with E-state index in [-0.39, 0.29) is 12.1 Å². The number of likely N-dealkylation sites (N-methyl/N-ethyl adjacent to an activating group) is 3. The molecular weight excluding hydrogens is 272 g/mol. The van der Waals surface area contributed by atoms with Crippen LogP contribution in [0.25, 0.3) is 0 Å². The second-order valence-electron chi connectivity index (χ2n) is 6.19. The van der Waals surface area contributed by atoms with E-state index < -0.39 is 11.5 Å². The quantitative estimate of drug-likeness (QED) is 0.754. The molecule has 0 aromatic carbocycles. The van der Waals surface area contributed by atoms with Gasteiger partial charge in [0.15, 0.2) is 0 Å². The molecule has 1 aliphatic heterocycles. The maximum atomic E-state index is 12.3. The van der Waals surface area contributed by atoms with Crippen molar-refractivity contribution in [3.05, 3.63) is 0 Å². The summed E-state index contributed by atoms with van der Waals surface area (Å²) in [7, 11) is 4.11.